The van der Waals surface area contributed by atoms with Gasteiger partial charge >= 0.3 is 6.01 Å². The Morgan fingerprint density at radius 1 is 1.26 bits per heavy atom. The van der Waals surface area contributed by atoms with Crippen molar-refractivity contribution in [3.63, 3.8) is 0 Å². The van der Waals surface area contributed by atoms with E-state index in [4.69, 9.17) is 4.74 Å². The highest BCUT2D eigenvalue weighted by Gasteiger charge is 2.27. The Balaban J connectivity index is 2.12. The third-order valence-electron chi connectivity index (χ3n) is 3.20. The smallest absolute Gasteiger partial charge is 0.322 e. The molecular weight excluding hydrogens is 262 g/mol. The highest BCUT2D eigenvalue weighted by Crippen LogP contribution is 2.30. The number of thioether (sulfide) groups is 1. The van der Waals surface area contributed by atoms with Crippen molar-refractivity contribution in [2.75, 3.05) is 30.5 Å². The molecule has 1 saturated carbocycles. The van der Waals surface area contributed by atoms with Gasteiger partial charge in [0.15, 0.2) is 0 Å². The van der Waals surface area contributed by atoms with Crippen molar-refractivity contribution in [1.29, 1.82) is 0 Å². The first kappa shape index (κ1) is 14.2. The van der Waals surface area contributed by atoms with Gasteiger partial charge in [0.05, 0.1) is 7.11 Å². The zero-order valence-corrected chi connectivity index (χ0v) is 12.5. The van der Waals surface area contributed by atoms with Crippen LogP contribution in [-0.2, 0) is 0 Å². The first-order valence-electron chi connectivity index (χ1n) is 6.60. The third kappa shape index (κ3) is 3.62. The number of rotatable bonds is 6. The molecule has 7 heteroatoms. The lowest BCUT2D eigenvalue weighted by molar-refractivity contribution is 0.379. The number of anilines is 2. The first-order chi connectivity index (χ1) is 9.26. The molecule has 2 unspecified atom stereocenters. The predicted molar refractivity (Wildman–Crippen MR) is 79.1 cm³/mol. The van der Waals surface area contributed by atoms with Gasteiger partial charge in [-0.3, -0.25) is 0 Å². The van der Waals surface area contributed by atoms with E-state index in [1.54, 1.807) is 7.11 Å². The summed E-state index contributed by atoms with van der Waals surface area (Å²) in [5, 5.41) is 7.13. The highest BCUT2D eigenvalue weighted by atomic mass is 32.2. The molecule has 19 heavy (non-hydrogen) atoms. The number of nitrogens with zero attached hydrogens (tertiary/aromatic N) is 3. The van der Waals surface area contributed by atoms with Crippen molar-refractivity contribution in [2.24, 2.45) is 0 Å². The summed E-state index contributed by atoms with van der Waals surface area (Å²) in [6, 6.07) is 0.767. The minimum atomic E-state index is 0.340. The van der Waals surface area contributed by atoms with Crippen LogP contribution in [0.4, 0.5) is 11.9 Å². The van der Waals surface area contributed by atoms with E-state index in [1.165, 1.54) is 12.8 Å². The minimum Gasteiger partial charge on any atom is -0.467 e. The van der Waals surface area contributed by atoms with Crippen LogP contribution in [0.2, 0.25) is 0 Å². The van der Waals surface area contributed by atoms with E-state index in [9.17, 15) is 0 Å². The van der Waals surface area contributed by atoms with Gasteiger partial charge in [0, 0.05) is 17.8 Å². The Labute approximate surface area is 118 Å². The molecule has 0 spiro atoms. The lowest BCUT2D eigenvalue weighted by Crippen LogP contribution is -2.27. The Kier molecular flexibility index (Phi) is 5.07. The first-order valence-corrected chi connectivity index (χ1v) is 7.89. The van der Waals surface area contributed by atoms with E-state index < -0.39 is 0 Å². The van der Waals surface area contributed by atoms with Crippen molar-refractivity contribution in [1.82, 2.24) is 15.0 Å². The fraction of sp³-hybridized carbons (Fsp3) is 0.750. The Morgan fingerprint density at radius 2 is 2.05 bits per heavy atom. The van der Waals surface area contributed by atoms with Gasteiger partial charge in [-0.1, -0.05) is 6.42 Å². The molecular formula is C12H21N5OS. The topological polar surface area (TPSA) is 72.0 Å². The van der Waals surface area contributed by atoms with Crippen LogP contribution in [0, 0.1) is 0 Å². The Morgan fingerprint density at radius 3 is 2.74 bits per heavy atom. The van der Waals surface area contributed by atoms with Gasteiger partial charge in [-0.25, -0.2) is 0 Å². The third-order valence-corrected chi connectivity index (χ3v) is 4.37. The monoisotopic (exact) mass is 283 g/mol. The molecule has 0 aromatic carbocycles. The summed E-state index contributed by atoms with van der Waals surface area (Å²) in [7, 11) is 1.56. The second-order valence-electron chi connectivity index (χ2n) is 4.46. The van der Waals surface area contributed by atoms with E-state index in [1.807, 2.05) is 18.7 Å². The normalized spacial score (nSPS) is 22.3. The van der Waals surface area contributed by atoms with E-state index in [0.29, 0.717) is 29.2 Å². The van der Waals surface area contributed by atoms with Crippen molar-refractivity contribution >= 4 is 23.7 Å². The SMILES string of the molecule is CCNc1nc(NC2CCCC2SC)nc(OC)n1. The van der Waals surface area contributed by atoms with Gasteiger partial charge in [0.2, 0.25) is 11.9 Å². The van der Waals surface area contributed by atoms with Crippen LogP contribution in [0.3, 0.4) is 0 Å². The number of hydrogen-bond donors (Lipinski definition) is 2. The molecule has 1 aromatic heterocycles. The average molecular weight is 283 g/mol. The van der Waals surface area contributed by atoms with Crippen LogP contribution < -0.4 is 15.4 Å². The maximum absolute atomic E-state index is 5.11. The standard InChI is InChI=1S/C12H21N5OS/c1-4-13-10-15-11(17-12(16-10)18-2)14-8-6-5-7-9(8)19-3/h8-9H,4-7H2,1-3H3,(H2,13,14,15,16,17). The molecule has 0 radical (unpaired) electrons. The van der Waals surface area contributed by atoms with E-state index in [2.05, 4.69) is 31.8 Å². The van der Waals surface area contributed by atoms with Crippen LogP contribution >= 0.6 is 11.8 Å². The molecule has 1 aliphatic rings. The fourth-order valence-corrected chi connectivity index (χ4v) is 3.22. The number of ether oxygens (including phenoxy) is 1. The van der Waals surface area contributed by atoms with Gasteiger partial charge in [0.25, 0.3) is 0 Å². The van der Waals surface area contributed by atoms with Gasteiger partial charge in [0.1, 0.15) is 0 Å². The summed E-state index contributed by atoms with van der Waals surface area (Å²) >= 11 is 1.90. The number of aromatic nitrogens is 3. The van der Waals surface area contributed by atoms with Gasteiger partial charge < -0.3 is 15.4 Å². The highest BCUT2D eigenvalue weighted by molar-refractivity contribution is 7.99. The van der Waals surface area contributed by atoms with Crippen molar-refractivity contribution < 1.29 is 4.74 Å². The summed E-state index contributed by atoms with van der Waals surface area (Å²) in [5.41, 5.74) is 0. The van der Waals surface area contributed by atoms with Crippen LogP contribution in [0.25, 0.3) is 0 Å². The second kappa shape index (κ2) is 6.79. The number of methoxy groups -OCH3 is 1. The molecule has 1 aliphatic carbocycles. The van der Waals surface area contributed by atoms with Gasteiger partial charge in [-0.05, 0) is 26.0 Å². The van der Waals surface area contributed by atoms with Crippen molar-refractivity contribution in [3.8, 4) is 6.01 Å². The van der Waals surface area contributed by atoms with Crippen LogP contribution in [0.15, 0.2) is 0 Å². The molecule has 2 N–H and O–H groups in total. The summed E-state index contributed by atoms with van der Waals surface area (Å²) in [4.78, 5) is 12.8. The lowest BCUT2D eigenvalue weighted by Gasteiger charge is -2.19. The van der Waals surface area contributed by atoms with E-state index in [0.717, 1.165) is 13.0 Å². The minimum absolute atomic E-state index is 0.340. The summed E-state index contributed by atoms with van der Waals surface area (Å²) < 4.78 is 5.11. The van der Waals surface area contributed by atoms with Crippen LogP contribution in [0.5, 0.6) is 6.01 Å². The summed E-state index contributed by atoms with van der Waals surface area (Å²) in [6.07, 6.45) is 5.82. The largest absolute Gasteiger partial charge is 0.467 e. The molecule has 0 bridgehead atoms. The molecule has 0 aliphatic heterocycles. The lowest BCUT2D eigenvalue weighted by atomic mass is 10.2. The van der Waals surface area contributed by atoms with Crippen molar-refractivity contribution in [2.45, 2.75) is 37.5 Å². The quantitative estimate of drug-likeness (QED) is 0.827. The summed E-state index contributed by atoms with van der Waals surface area (Å²) in [5.74, 6) is 1.14. The summed E-state index contributed by atoms with van der Waals surface area (Å²) in [6.45, 7) is 2.77. The number of nitrogens with one attached hydrogen (secondary N) is 2. The van der Waals surface area contributed by atoms with Gasteiger partial charge in [-0.15, -0.1) is 0 Å². The molecule has 106 valence electrons. The molecule has 0 saturated heterocycles. The molecule has 1 aromatic rings. The maximum Gasteiger partial charge on any atom is 0.322 e. The molecule has 1 fully saturated rings. The van der Waals surface area contributed by atoms with Crippen molar-refractivity contribution in [3.05, 3.63) is 0 Å². The molecule has 2 rings (SSSR count). The average Bonchev–Trinajstić information content (AvgIpc) is 2.86. The molecule has 0 amide bonds. The maximum atomic E-state index is 5.11. The number of hydrogen-bond acceptors (Lipinski definition) is 7. The predicted octanol–water partition coefficient (Wildman–Crippen LogP) is 2.01. The van der Waals surface area contributed by atoms with Crippen LogP contribution in [0.1, 0.15) is 26.2 Å². The van der Waals surface area contributed by atoms with E-state index in [-0.39, 0.29) is 0 Å². The molecule has 1 heterocycles. The zero-order chi connectivity index (χ0) is 13.7. The fourth-order valence-electron chi connectivity index (χ4n) is 2.29. The van der Waals surface area contributed by atoms with Crippen LogP contribution in [-0.4, -0.2) is 46.2 Å². The molecule has 6 nitrogen and oxygen atoms in total. The zero-order valence-electron chi connectivity index (χ0n) is 11.6. The second-order valence-corrected chi connectivity index (χ2v) is 5.53. The Hall–Kier alpha value is -1.24. The van der Waals surface area contributed by atoms with Gasteiger partial charge in [-0.2, -0.15) is 26.7 Å². The Bertz CT molecular complexity index is 417. The van der Waals surface area contributed by atoms with E-state index >= 15 is 0 Å². The molecule has 2 atom stereocenters.